The van der Waals surface area contributed by atoms with Crippen LogP contribution in [0.1, 0.15) is 55.9 Å². The highest BCUT2D eigenvalue weighted by molar-refractivity contribution is 7.89. The number of aryl methyl sites for hydroxylation is 3. The minimum absolute atomic E-state index is 0.143. The van der Waals surface area contributed by atoms with Crippen molar-refractivity contribution in [2.45, 2.75) is 64.9 Å². The summed E-state index contributed by atoms with van der Waals surface area (Å²) >= 11 is 0. The zero-order valence-electron chi connectivity index (χ0n) is 17.4. The number of carbonyl (C=O) groups is 1. The molecule has 0 fully saturated rings. The molecule has 1 amide bonds. The summed E-state index contributed by atoms with van der Waals surface area (Å²) in [6.45, 7) is 11.3. The molecule has 0 spiro atoms. The molecule has 0 aliphatic rings. The predicted octanol–water partition coefficient (Wildman–Crippen LogP) is 3.78. The lowest BCUT2D eigenvalue weighted by Crippen LogP contribution is -2.47. The van der Waals surface area contributed by atoms with Crippen molar-refractivity contribution in [2.75, 3.05) is 0 Å². The Morgan fingerprint density at radius 1 is 1.07 bits per heavy atom. The lowest BCUT2D eigenvalue weighted by molar-refractivity contribution is -0.123. The SMILES string of the molecule is Cc1ccc(S(=O)(=O)NC(CC(C)C)C(=O)NC(C)c2cc(C)oc2C)cc1. The zero-order valence-corrected chi connectivity index (χ0v) is 18.2. The minimum Gasteiger partial charge on any atom is -0.466 e. The van der Waals surface area contributed by atoms with Crippen molar-refractivity contribution in [1.29, 1.82) is 0 Å². The number of nitrogens with one attached hydrogen (secondary N) is 2. The number of hydrogen-bond donors (Lipinski definition) is 2. The number of benzene rings is 1. The van der Waals surface area contributed by atoms with Gasteiger partial charge in [-0.15, -0.1) is 0 Å². The van der Waals surface area contributed by atoms with E-state index in [2.05, 4.69) is 10.0 Å². The number of furan rings is 1. The Morgan fingerprint density at radius 3 is 2.18 bits per heavy atom. The van der Waals surface area contributed by atoms with Crippen molar-refractivity contribution in [3.8, 4) is 0 Å². The molecule has 2 unspecified atom stereocenters. The maximum absolute atomic E-state index is 12.9. The highest BCUT2D eigenvalue weighted by Gasteiger charge is 2.28. The second-order valence-electron chi connectivity index (χ2n) is 7.72. The van der Waals surface area contributed by atoms with Crippen LogP contribution < -0.4 is 10.0 Å². The minimum atomic E-state index is -3.80. The Hall–Kier alpha value is -2.12. The molecule has 154 valence electrons. The van der Waals surface area contributed by atoms with Crippen LogP contribution in [-0.2, 0) is 14.8 Å². The van der Waals surface area contributed by atoms with Gasteiger partial charge in [-0.2, -0.15) is 4.72 Å². The van der Waals surface area contributed by atoms with Crippen molar-refractivity contribution >= 4 is 15.9 Å². The third-order valence-corrected chi connectivity index (χ3v) is 6.04. The van der Waals surface area contributed by atoms with Gasteiger partial charge in [-0.3, -0.25) is 4.79 Å². The summed E-state index contributed by atoms with van der Waals surface area (Å²) in [6.07, 6.45) is 0.396. The van der Waals surface area contributed by atoms with Crippen molar-refractivity contribution < 1.29 is 17.6 Å². The van der Waals surface area contributed by atoms with Crippen LogP contribution in [0.5, 0.6) is 0 Å². The first-order chi connectivity index (χ1) is 13.0. The molecule has 1 aromatic heterocycles. The average Bonchev–Trinajstić information content (AvgIpc) is 2.92. The Kier molecular flexibility index (Phi) is 7.06. The standard InChI is InChI=1S/C21H30N2O4S/c1-13(2)11-20(23-28(25,26)18-9-7-14(3)8-10-18)21(24)22-16(5)19-12-15(4)27-17(19)6/h7-10,12-13,16,20,23H,11H2,1-6H3,(H,22,24). The fourth-order valence-corrected chi connectivity index (χ4v) is 4.33. The van der Waals surface area contributed by atoms with E-state index in [1.807, 2.05) is 47.6 Å². The van der Waals surface area contributed by atoms with E-state index in [-0.39, 0.29) is 22.8 Å². The third-order valence-electron chi connectivity index (χ3n) is 4.56. The first-order valence-corrected chi connectivity index (χ1v) is 10.9. The van der Waals surface area contributed by atoms with Crippen LogP contribution in [0.15, 0.2) is 39.6 Å². The van der Waals surface area contributed by atoms with Gasteiger partial charge in [0.1, 0.15) is 17.6 Å². The van der Waals surface area contributed by atoms with Crippen LogP contribution in [-0.4, -0.2) is 20.4 Å². The smallest absolute Gasteiger partial charge is 0.241 e. The third kappa shape index (κ3) is 5.69. The Morgan fingerprint density at radius 2 is 1.68 bits per heavy atom. The molecule has 0 aliphatic carbocycles. The Bertz CT molecular complexity index is 914. The predicted molar refractivity (Wildman–Crippen MR) is 109 cm³/mol. The molecule has 1 aromatic carbocycles. The summed E-state index contributed by atoms with van der Waals surface area (Å²) in [5.74, 6) is 1.30. The Balaban J connectivity index is 2.19. The molecular weight excluding hydrogens is 376 g/mol. The van der Waals surface area contributed by atoms with Gasteiger partial charge in [0.05, 0.1) is 10.9 Å². The molecule has 2 atom stereocenters. The lowest BCUT2D eigenvalue weighted by Gasteiger charge is -2.22. The highest BCUT2D eigenvalue weighted by atomic mass is 32.2. The molecule has 0 bridgehead atoms. The second kappa shape index (κ2) is 8.92. The molecule has 2 N–H and O–H groups in total. The molecule has 0 saturated carbocycles. The van der Waals surface area contributed by atoms with E-state index < -0.39 is 16.1 Å². The molecule has 6 nitrogen and oxygen atoms in total. The van der Waals surface area contributed by atoms with E-state index in [0.717, 1.165) is 22.6 Å². The van der Waals surface area contributed by atoms with Crippen molar-refractivity contribution in [3.05, 3.63) is 53.0 Å². The van der Waals surface area contributed by atoms with E-state index in [9.17, 15) is 13.2 Å². The van der Waals surface area contributed by atoms with E-state index >= 15 is 0 Å². The fraction of sp³-hybridized carbons (Fsp3) is 0.476. The van der Waals surface area contributed by atoms with Crippen molar-refractivity contribution in [2.24, 2.45) is 5.92 Å². The number of rotatable bonds is 8. The summed E-state index contributed by atoms with van der Waals surface area (Å²) in [7, 11) is -3.80. The molecule has 28 heavy (non-hydrogen) atoms. The zero-order chi connectivity index (χ0) is 21.1. The van der Waals surface area contributed by atoms with Gasteiger partial charge in [0, 0.05) is 5.56 Å². The van der Waals surface area contributed by atoms with E-state index in [0.29, 0.717) is 6.42 Å². The van der Waals surface area contributed by atoms with E-state index in [4.69, 9.17) is 4.42 Å². The van der Waals surface area contributed by atoms with Crippen LogP contribution in [0, 0.1) is 26.7 Å². The fourth-order valence-electron chi connectivity index (χ4n) is 3.12. The van der Waals surface area contributed by atoms with Gasteiger partial charge in [0.25, 0.3) is 0 Å². The number of hydrogen-bond acceptors (Lipinski definition) is 4. The van der Waals surface area contributed by atoms with Crippen LogP contribution in [0.4, 0.5) is 0 Å². The first-order valence-electron chi connectivity index (χ1n) is 9.46. The van der Waals surface area contributed by atoms with Gasteiger partial charge in [-0.05, 0) is 58.2 Å². The number of carbonyl (C=O) groups excluding carboxylic acids is 1. The summed E-state index contributed by atoms with van der Waals surface area (Å²) in [5.41, 5.74) is 1.85. The molecule has 2 aromatic rings. The second-order valence-corrected chi connectivity index (χ2v) is 9.43. The molecule has 2 rings (SSSR count). The van der Waals surface area contributed by atoms with E-state index in [1.54, 1.807) is 24.3 Å². The van der Waals surface area contributed by atoms with Gasteiger partial charge in [0.15, 0.2) is 0 Å². The molecule has 0 radical (unpaired) electrons. The monoisotopic (exact) mass is 406 g/mol. The van der Waals surface area contributed by atoms with Crippen LogP contribution in [0.2, 0.25) is 0 Å². The van der Waals surface area contributed by atoms with Crippen LogP contribution in [0.3, 0.4) is 0 Å². The maximum Gasteiger partial charge on any atom is 0.241 e. The molecule has 7 heteroatoms. The Labute approximate surface area is 167 Å². The summed E-state index contributed by atoms with van der Waals surface area (Å²) in [4.78, 5) is 13.0. The van der Waals surface area contributed by atoms with Crippen molar-refractivity contribution in [3.63, 3.8) is 0 Å². The van der Waals surface area contributed by atoms with Gasteiger partial charge in [-0.25, -0.2) is 8.42 Å². The lowest BCUT2D eigenvalue weighted by atomic mass is 10.0. The topological polar surface area (TPSA) is 88.4 Å². The quantitative estimate of drug-likeness (QED) is 0.698. The number of amides is 1. The normalized spacial score (nSPS) is 14.1. The van der Waals surface area contributed by atoms with Crippen LogP contribution in [0.25, 0.3) is 0 Å². The summed E-state index contributed by atoms with van der Waals surface area (Å²) in [5, 5.41) is 2.91. The maximum atomic E-state index is 12.9. The first kappa shape index (κ1) is 22.2. The largest absolute Gasteiger partial charge is 0.466 e. The van der Waals surface area contributed by atoms with Crippen LogP contribution >= 0.6 is 0 Å². The van der Waals surface area contributed by atoms with Gasteiger partial charge in [-0.1, -0.05) is 31.5 Å². The van der Waals surface area contributed by atoms with E-state index in [1.165, 1.54) is 0 Å². The molecule has 0 saturated heterocycles. The van der Waals surface area contributed by atoms with Gasteiger partial charge < -0.3 is 9.73 Å². The highest BCUT2D eigenvalue weighted by Crippen LogP contribution is 2.22. The number of sulfonamides is 1. The molecule has 1 heterocycles. The van der Waals surface area contributed by atoms with Gasteiger partial charge >= 0.3 is 0 Å². The van der Waals surface area contributed by atoms with Gasteiger partial charge in [0.2, 0.25) is 15.9 Å². The molecular formula is C21H30N2O4S. The summed E-state index contributed by atoms with van der Waals surface area (Å²) in [6, 6.07) is 7.29. The average molecular weight is 407 g/mol. The van der Waals surface area contributed by atoms with Crippen molar-refractivity contribution in [1.82, 2.24) is 10.0 Å². The summed E-state index contributed by atoms with van der Waals surface area (Å²) < 4.78 is 33.6. The molecule has 0 aliphatic heterocycles.